The number of carbonyl (C=O) groups is 1. The van der Waals surface area contributed by atoms with Crippen LogP contribution in [0.25, 0.3) is 11.4 Å². The Balaban J connectivity index is 1.44. The van der Waals surface area contributed by atoms with Crippen LogP contribution in [-0.4, -0.2) is 32.5 Å². The molecule has 2 aromatic carbocycles. The monoisotopic (exact) mass is 502 g/mol. The van der Waals surface area contributed by atoms with Crippen molar-refractivity contribution in [2.75, 3.05) is 11.1 Å². The Kier molecular flexibility index (Phi) is 7.96. The van der Waals surface area contributed by atoms with Gasteiger partial charge in [0.05, 0.1) is 27.6 Å². The van der Waals surface area contributed by atoms with E-state index in [4.69, 9.17) is 27.9 Å². The highest BCUT2D eigenvalue weighted by molar-refractivity contribution is 7.99. The molecule has 6 nitrogen and oxygen atoms in total. The molecule has 1 fully saturated rings. The van der Waals surface area contributed by atoms with Gasteiger partial charge in [-0.25, -0.2) is 0 Å². The van der Waals surface area contributed by atoms with Gasteiger partial charge in [0.25, 0.3) is 0 Å². The molecule has 1 N–H and O–H groups in total. The third-order valence-electron chi connectivity index (χ3n) is 5.31. The zero-order valence-corrected chi connectivity index (χ0v) is 20.3. The van der Waals surface area contributed by atoms with Crippen molar-refractivity contribution < 1.29 is 9.53 Å². The van der Waals surface area contributed by atoms with E-state index in [1.807, 2.05) is 28.8 Å². The molecule has 1 saturated carbocycles. The predicted molar refractivity (Wildman–Crippen MR) is 134 cm³/mol. The SMILES string of the molecule is C=CCn1c(SCC(=O)Nc2c(Cl)cccc2Cl)nnc1-c1ccc(OC2CCCC2)cc1. The van der Waals surface area contributed by atoms with E-state index < -0.39 is 0 Å². The van der Waals surface area contributed by atoms with Gasteiger partial charge < -0.3 is 10.1 Å². The standard InChI is InChI=1S/C24H24Cl2N4O2S/c1-2-14-30-23(16-10-12-18(13-11-16)32-17-6-3-4-7-17)28-29-24(30)33-15-21(31)27-22-19(25)8-5-9-20(22)26/h2,5,8-13,17H,1,3-4,6-7,14-15H2,(H,27,31). The number of ether oxygens (including phenoxy) is 1. The van der Waals surface area contributed by atoms with Crippen LogP contribution in [0, 0.1) is 0 Å². The molecule has 1 aromatic heterocycles. The van der Waals surface area contributed by atoms with E-state index in [0.29, 0.717) is 39.4 Å². The van der Waals surface area contributed by atoms with Crippen molar-refractivity contribution in [3.8, 4) is 17.1 Å². The summed E-state index contributed by atoms with van der Waals surface area (Å²) >= 11 is 13.6. The number of allylic oxidation sites excluding steroid dienone is 1. The minimum absolute atomic E-state index is 0.130. The molecule has 1 aliphatic rings. The molecule has 1 aliphatic carbocycles. The van der Waals surface area contributed by atoms with E-state index in [1.165, 1.54) is 24.6 Å². The Hall–Kier alpha value is -2.48. The lowest BCUT2D eigenvalue weighted by Gasteiger charge is -2.13. The van der Waals surface area contributed by atoms with Crippen molar-refractivity contribution in [2.45, 2.75) is 43.5 Å². The third kappa shape index (κ3) is 5.91. The summed E-state index contributed by atoms with van der Waals surface area (Å²) < 4.78 is 7.98. The van der Waals surface area contributed by atoms with Gasteiger partial charge in [0, 0.05) is 12.1 Å². The van der Waals surface area contributed by atoms with Crippen molar-refractivity contribution in [3.05, 3.63) is 65.2 Å². The summed E-state index contributed by atoms with van der Waals surface area (Å²) in [4.78, 5) is 12.5. The van der Waals surface area contributed by atoms with Gasteiger partial charge in [0.1, 0.15) is 5.75 Å². The number of amides is 1. The second-order valence-electron chi connectivity index (χ2n) is 7.69. The van der Waals surface area contributed by atoms with E-state index in [1.54, 1.807) is 24.3 Å². The van der Waals surface area contributed by atoms with Gasteiger partial charge in [0.2, 0.25) is 5.91 Å². The molecular weight excluding hydrogens is 479 g/mol. The van der Waals surface area contributed by atoms with E-state index in [2.05, 4.69) is 22.1 Å². The summed E-state index contributed by atoms with van der Waals surface area (Å²) in [6.45, 7) is 4.36. The Morgan fingerprint density at radius 2 is 1.85 bits per heavy atom. The van der Waals surface area contributed by atoms with Crippen LogP contribution in [0.5, 0.6) is 5.75 Å². The largest absolute Gasteiger partial charge is 0.490 e. The predicted octanol–water partition coefficient (Wildman–Crippen LogP) is 6.49. The first kappa shape index (κ1) is 23.7. The lowest BCUT2D eigenvalue weighted by molar-refractivity contribution is -0.113. The van der Waals surface area contributed by atoms with Crippen LogP contribution in [0.15, 0.2) is 60.3 Å². The van der Waals surface area contributed by atoms with Gasteiger partial charge in [-0.2, -0.15) is 0 Å². The molecule has 0 radical (unpaired) electrons. The van der Waals surface area contributed by atoms with Gasteiger partial charge in [-0.15, -0.1) is 16.8 Å². The Morgan fingerprint density at radius 1 is 1.15 bits per heavy atom. The number of halogens is 2. The summed E-state index contributed by atoms with van der Waals surface area (Å²) in [5, 5.41) is 12.8. The molecule has 172 valence electrons. The van der Waals surface area contributed by atoms with Gasteiger partial charge in [-0.05, 0) is 62.1 Å². The van der Waals surface area contributed by atoms with Crippen LogP contribution >= 0.6 is 35.0 Å². The maximum Gasteiger partial charge on any atom is 0.234 e. The first-order chi connectivity index (χ1) is 16.0. The number of hydrogen-bond donors (Lipinski definition) is 1. The third-order valence-corrected chi connectivity index (χ3v) is 6.90. The van der Waals surface area contributed by atoms with Crippen molar-refractivity contribution in [3.63, 3.8) is 0 Å². The minimum Gasteiger partial charge on any atom is -0.490 e. The van der Waals surface area contributed by atoms with Crippen LogP contribution in [0.4, 0.5) is 5.69 Å². The lowest BCUT2D eigenvalue weighted by atomic mass is 10.2. The number of carbonyl (C=O) groups excluding carboxylic acids is 1. The van der Waals surface area contributed by atoms with Crippen molar-refractivity contribution in [1.82, 2.24) is 14.8 Å². The molecule has 1 amide bonds. The van der Waals surface area contributed by atoms with E-state index >= 15 is 0 Å². The quantitative estimate of drug-likeness (QED) is 0.267. The average Bonchev–Trinajstić information content (AvgIpc) is 3.46. The Bertz CT molecular complexity index is 1110. The lowest BCUT2D eigenvalue weighted by Crippen LogP contribution is -2.15. The van der Waals surface area contributed by atoms with Crippen LogP contribution in [0.2, 0.25) is 10.0 Å². The molecule has 0 bridgehead atoms. The molecule has 0 unspecified atom stereocenters. The first-order valence-electron chi connectivity index (χ1n) is 10.7. The molecule has 3 aromatic rings. The normalized spacial score (nSPS) is 13.8. The molecule has 0 spiro atoms. The average molecular weight is 503 g/mol. The van der Waals surface area contributed by atoms with Crippen LogP contribution < -0.4 is 10.1 Å². The number of aromatic nitrogens is 3. The van der Waals surface area contributed by atoms with Gasteiger partial charge in [-0.1, -0.05) is 47.1 Å². The molecule has 0 saturated heterocycles. The van der Waals surface area contributed by atoms with Crippen LogP contribution in [0.3, 0.4) is 0 Å². The maximum absolute atomic E-state index is 12.5. The second-order valence-corrected chi connectivity index (χ2v) is 9.44. The zero-order valence-electron chi connectivity index (χ0n) is 18.0. The number of anilines is 1. The number of rotatable bonds is 9. The molecule has 9 heteroatoms. The molecule has 0 atom stereocenters. The highest BCUT2D eigenvalue weighted by Crippen LogP contribution is 2.31. The number of thioether (sulfide) groups is 1. The van der Waals surface area contributed by atoms with Gasteiger partial charge in [-0.3, -0.25) is 9.36 Å². The number of hydrogen-bond acceptors (Lipinski definition) is 5. The van der Waals surface area contributed by atoms with Gasteiger partial charge >= 0.3 is 0 Å². The smallest absolute Gasteiger partial charge is 0.234 e. The van der Waals surface area contributed by atoms with Crippen LogP contribution in [0.1, 0.15) is 25.7 Å². The highest BCUT2D eigenvalue weighted by atomic mass is 35.5. The van der Waals surface area contributed by atoms with E-state index in [0.717, 1.165) is 24.2 Å². The fraction of sp³-hybridized carbons (Fsp3) is 0.292. The highest BCUT2D eigenvalue weighted by Gasteiger charge is 2.18. The summed E-state index contributed by atoms with van der Waals surface area (Å²) in [6, 6.07) is 13.0. The van der Waals surface area contributed by atoms with Gasteiger partial charge in [0.15, 0.2) is 11.0 Å². The number of benzene rings is 2. The molecule has 4 rings (SSSR count). The van der Waals surface area contributed by atoms with E-state index in [9.17, 15) is 4.79 Å². The number of para-hydroxylation sites is 1. The summed E-state index contributed by atoms with van der Waals surface area (Å²) in [6.07, 6.45) is 6.79. The maximum atomic E-state index is 12.5. The molecule has 1 heterocycles. The second kappa shape index (κ2) is 11.1. The first-order valence-corrected chi connectivity index (χ1v) is 12.5. The fourth-order valence-electron chi connectivity index (χ4n) is 3.71. The van der Waals surface area contributed by atoms with E-state index in [-0.39, 0.29) is 11.7 Å². The van der Waals surface area contributed by atoms with Crippen LogP contribution in [-0.2, 0) is 11.3 Å². The summed E-state index contributed by atoms with van der Waals surface area (Å²) in [7, 11) is 0. The summed E-state index contributed by atoms with van der Waals surface area (Å²) in [5.74, 6) is 1.47. The molecule has 33 heavy (non-hydrogen) atoms. The number of nitrogens with one attached hydrogen (secondary N) is 1. The Morgan fingerprint density at radius 3 is 2.52 bits per heavy atom. The summed E-state index contributed by atoms with van der Waals surface area (Å²) in [5.41, 5.74) is 1.32. The molecule has 0 aliphatic heterocycles. The molecular formula is C24H24Cl2N4O2S. The fourth-order valence-corrected chi connectivity index (χ4v) is 4.95. The van der Waals surface area contributed by atoms with Crippen molar-refractivity contribution >= 4 is 46.6 Å². The number of nitrogens with zero attached hydrogens (tertiary/aromatic N) is 3. The Labute approximate surface area is 207 Å². The van der Waals surface area contributed by atoms with Crippen molar-refractivity contribution in [1.29, 1.82) is 0 Å². The topological polar surface area (TPSA) is 69.0 Å². The van der Waals surface area contributed by atoms with Crippen molar-refractivity contribution in [2.24, 2.45) is 0 Å². The zero-order chi connectivity index (χ0) is 23.2. The minimum atomic E-state index is -0.238.